The van der Waals surface area contributed by atoms with E-state index in [4.69, 9.17) is 4.52 Å². The highest BCUT2D eigenvalue weighted by molar-refractivity contribution is 5.91. The lowest BCUT2D eigenvalue weighted by Gasteiger charge is -1.97. The van der Waals surface area contributed by atoms with Gasteiger partial charge < -0.3 is 9.09 Å². The van der Waals surface area contributed by atoms with Crippen molar-refractivity contribution in [2.24, 2.45) is 14.1 Å². The summed E-state index contributed by atoms with van der Waals surface area (Å²) >= 11 is 0. The number of aryl methyl sites for hydroxylation is 2. The van der Waals surface area contributed by atoms with Crippen molar-refractivity contribution in [2.45, 2.75) is 0 Å². The zero-order valence-electron chi connectivity index (χ0n) is 12.6. The van der Waals surface area contributed by atoms with Crippen LogP contribution in [0.3, 0.4) is 0 Å². The van der Waals surface area contributed by atoms with Crippen molar-refractivity contribution in [2.75, 3.05) is 0 Å². The first-order valence-corrected chi connectivity index (χ1v) is 7.06. The van der Waals surface area contributed by atoms with E-state index in [2.05, 4.69) is 15.2 Å². The first kappa shape index (κ1) is 13.4. The Morgan fingerprint density at radius 3 is 2.78 bits per heavy atom. The van der Waals surface area contributed by atoms with Crippen LogP contribution < -0.4 is 5.56 Å². The molecule has 0 saturated carbocycles. The Balaban J connectivity index is 1.85. The molecular formula is C16H13N5O2. The molecule has 0 N–H and O–H groups in total. The molecule has 0 fully saturated rings. The molecule has 3 heterocycles. The molecule has 0 amide bonds. The molecule has 7 heteroatoms. The van der Waals surface area contributed by atoms with E-state index in [-0.39, 0.29) is 5.56 Å². The lowest BCUT2D eigenvalue weighted by atomic mass is 10.2. The minimum Gasteiger partial charge on any atom is -0.334 e. The lowest BCUT2D eigenvalue weighted by Crippen LogP contribution is -2.14. The highest BCUT2D eigenvalue weighted by atomic mass is 16.5. The van der Waals surface area contributed by atoms with Crippen molar-refractivity contribution in [1.29, 1.82) is 0 Å². The standard InChI is InChI=1S/C16H13N5O2/c1-20-8-7-10(9-13(20)22)16-17-15(19-23-16)14-11-5-3-4-6-12(11)18-21(14)2/h3-9H,1-2H3. The average molecular weight is 307 g/mol. The summed E-state index contributed by atoms with van der Waals surface area (Å²) in [4.78, 5) is 16.2. The Bertz CT molecular complexity index is 1070. The molecule has 0 spiro atoms. The quantitative estimate of drug-likeness (QED) is 0.566. The summed E-state index contributed by atoms with van der Waals surface area (Å²) in [7, 11) is 3.52. The molecule has 0 bridgehead atoms. The molecule has 1 aromatic carbocycles. The van der Waals surface area contributed by atoms with E-state index in [0.717, 1.165) is 16.6 Å². The van der Waals surface area contributed by atoms with E-state index in [1.54, 1.807) is 24.0 Å². The van der Waals surface area contributed by atoms with Crippen molar-refractivity contribution in [1.82, 2.24) is 24.5 Å². The molecule has 7 nitrogen and oxygen atoms in total. The van der Waals surface area contributed by atoms with E-state index in [1.165, 1.54) is 10.6 Å². The second-order valence-electron chi connectivity index (χ2n) is 5.28. The van der Waals surface area contributed by atoms with E-state index in [9.17, 15) is 4.79 Å². The topological polar surface area (TPSA) is 78.7 Å². The van der Waals surface area contributed by atoms with E-state index >= 15 is 0 Å². The van der Waals surface area contributed by atoms with Gasteiger partial charge in [-0.2, -0.15) is 10.1 Å². The largest absolute Gasteiger partial charge is 0.334 e. The van der Waals surface area contributed by atoms with E-state index in [1.807, 2.05) is 31.3 Å². The number of aromatic nitrogens is 5. The van der Waals surface area contributed by atoms with Gasteiger partial charge in [0.2, 0.25) is 5.82 Å². The van der Waals surface area contributed by atoms with Crippen LogP contribution in [-0.4, -0.2) is 24.5 Å². The number of pyridine rings is 1. The summed E-state index contributed by atoms with van der Waals surface area (Å²) in [6.07, 6.45) is 1.67. The molecule has 0 aliphatic rings. The van der Waals surface area contributed by atoms with Crippen LogP contribution in [0.2, 0.25) is 0 Å². The van der Waals surface area contributed by atoms with Gasteiger partial charge >= 0.3 is 0 Å². The molecule has 0 radical (unpaired) electrons. The van der Waals surface area contributed by atoms with Crippen molar-refractivity contribution < 1.29 is 4.52 Å². The first-order chi connectivity index (χ1) is 11.1. The van der Waals surface area contributed by atoms with Crippen molar-refractivity contribution in [3.63, 3.8) is 0 Å². The normalized spacial score (nSPS) is 11.2. The van der Waals surface area contributed by atoms with Gasteiger partial charge in [0.1, 0.15) is 5.69 Å². The summed E-state index contributed by atoms with van der Waals surface area (Å²) < 4.78 is 8.53. The molecule has 0 unspecified atom stereocenters. The number of nitrogens with zero attached hydrogens (tertiary/aromatic N) is 5. The number of rotatable bonds is 2. The second kappa shape index (κ2) is 4.91. The van der Waals surface area contributed by atoms with Gasteiger partial charge in [-0.25, -0.2) is 0 Å². The minimum absolute atomic E-state index is 0.131. The Hall–Kier alpha value is -3.22. The maximum Gasteiger partial charge on any atom is 0.258 e. The van der Waals surface area contributed by atoms with Crippen LogP contribution in [0.5, 0.6) is 0 Å². The Kier molecular flexibility index (Phi) is 2.87. The molecule has 114 valence electrons. The van der Waals surface area contributed by atoms with Gasteiger partial charge in [0.15, 0.2) is 0 Å². The molecule has 4 aromatic rings. The van der Waals surface area contributed by atoms with Gasteiger partial charge in [-0.1, -0.05) is 23.4 Å². The summed E-state index contributed by atoms with van der Waals surface area (Å²) in [5, 5.41) is 9.43. The molecular weight excluding hydrogens is 294 g/mol. The van der Waals surface area contributed by atoms with Crippen LogP contribution >= 0.6 is 0 Å². The fraction of sp³-hybridized carbons (Fsp3) is 0.125. The molecule has 3 aromatic heterocycles. The first-order valence-electron chi connectivity index (χ1n) is 7.06. The van der Waals surface area contributed by atoms with Gasteiger partial charge in [0.05, 0.1) is 5.52 Å². The smallest absolute Gasteiger partial charge is 0.258 e. The molecule has 23 heavy (non-hydrogen) atoms. The fourth-order valence-corrected chi connectivity index (χ4v) is 2.53. The average Bonchev–Trinajstić information content (AvgIpc) is 3.13. The summed E-state index contributed by atoms with van der Waals surface area (Å²) in [6, 6.07) is 11.0. The zero-order chi connectivity index (χ0) is 16.0. The molecule has 0 atom stereocenters. The zero-order valence-corrected chi connectivity index (χ0v) is 12.6. The van der Waals surface area contributed by atoms with Crippen LogP contribution in [0, 0.1) is 0 Å². The summed E-state index contributed by atoms with van der Waals surface area (Å²) in [5.74, 6) is 0.750. The van der Waals surface area contributed by atoms with Crippen molar-refractivity contribution in [3.8, 4) is 23.0 Å². The van der Waals surface area contributed by atoms with Crippen LogP contribution in [0.1, 0.15) is 0 Å². The predicted molar refractivity (Wildman–Crippen MR) is 84.7 cm³/mol. The predicted octanol–water partition coefficient (Wildman–Crippen LogP) is 1.99. The molecule has 0 saturated heterocycles. The number of fused-ring (bicyclic) bond motifs is 1. The third kappa shape index (κ3) is 2.13. The van der Waals surface area contributed by atoms with Crippen LogP contribution in [0.15, 0.2) is 51.9 Å². The molecule has 0 aliphatic heterocycles. The lowest BCUT2D eigenvalue weighted by molar-refractivity contribution is 0.431. The summed E-state index contributed by atoms with van der Waals surface area (Å²) in [5.41, 5.74) is 2.11. The van der Waals surface area contributed by atoms with Gasteiger partial charge in [0.25, 0.3) is 11.4 Å². The van der Waals surface area contributed by atoms with Crippen LogP contribution in [-0.2, 0) is 14.1 Å². The number of benzene rings is 1. The Morgan fingerprint density at radius 2 is 1.96 bits per heavy atom. The maximum absolute atomic E-state index is 11.7. The van der Waals surface area contributed by atoms with Crippen molar-refractivity contribution in [3.05, 3.63) is 52.9 Å². The Labute approximate surface area is 130 Å². The third-order valence-electron chi connectivity index (χ3n) is 3.73. The highest BCUT2D eigenvalue weighted by Crippen LogP contribution is 2.27. The van der Waals surface area contributed by atoms with E-state index < -0.39 is 0 Å². The summed E-state index contributed by atoms with van der Waals surface area (Å²) in [6.45, 7) is 0. The monoisotopic (exact) mass is 307 g/mol. The second-order valence-corrected chi connectivity index (χ2v) is 5.28. The van der Waals surface area contributed by atoms with Gasteiger partial charge in [0, 0.05) is 37.3 Å². The van der Waals surface area contributed by atoms with E-state index in [0.29, 0.717) is 17.3 Å². The molecule has 4 rings (SSSR count). The number of hydrogen-bond acceptors (Lipinski definition) is 5. The van der Waals surface area contributed by atoms with Crippen LogP contribution in [0.25, 0.3) is 33.9 Å². The number of hydrogen-bond donors (Lipinski definition) is 0. The highest BCUT2D eigenvalue weighted by Gasteiger charge is 2.17. The molecule has 0 aliphatic carbocycles. The SMILES string of the molecule is Cn1nc2ccccc2c1-c1noc(-c2ccn(C)c(=O)c2)n1. The van der Waals surface area contributed by atoms with Gasteiger partial charge in [-0.15, -0.1) is 0 Å². The van der Waals surface area contributed by atoms with Crippen LogP contribution in [0.4, 0.5) is 0 Å². The third-order valence-corrected chi connectivity index (χ3v) is 3.73. The van der Waals surface area contributed by atoms with Gasteiger partial charge in [-0.05, 0) is 12.1 Å². The fourth-order valence-electron chi connectivity index (χ4n) is 2.53. The van der Waals surface area contributed by atoms with Gasteiger partial charge in [-0.3, -0.25) is 9.48 Å². The Morgan fingerprint density at radius 1 is 1.13 bits per heavy atom. The maximum atomic E-state index is 11.7. The van der Waals surface area contributed by atoms with Crippen molar-refractivity contribution >= 4 is 10.9 Å². The minimum atomic E-state index is -0.131.